The van der Waals surface area contributed by atoms with E-state index in [0.29, 0.717) is 23.5 Å². The van der Waals surface area contributed by atoms with Crippen molar-refractivity contribution in [3.8, 4) is 11.4 Å². The molecule has 2 unspecified atom stereocenters. The van der Waals surface area contributed by atoms with Crippen molar-refractivity contribution in [2.45, 2.75) is 50.9 Å². The number of alkyl halides is 3. The van der Waals surface area contributed by atoms with E-state index >= 15 is 0 Å². The Kier molecular flexibility index (Phi) is 8.55. The van der Waals surface area contributed by atoms with Gasteiger partial charge in [-0.3, -0.25) is 9.88 Å². The first-order valence-electron chi connectivity index (χ1n) is 13.2. The molecule has 0 spiro atoms. The van der Waals surface area contributed by atoms with E-state index in [9.17, 15) is 18.0 Å². The van der Waals surface area contributed by atoms with Crippen LogP contribution in [0.5, 0.6) is 5.75 Å². The minimum atomic E-state index is -4.76. The summed E-state index contributed by atoms with van der Waals surface area (Å²) in [6, 6.07) is 14.5. The zero-order chi connectivity index (χ0) is 30.0. The summed E-state index contributed by atoms with van der Waals surface area (Å²) in [6.07, 6.45) is -6.94. The maximum absolute atomic E-state index is 12.8. The number of methoxy groups -OCH3 is 2. The first-order chi connectivity index (χ1) is 20.1. The van der Waals surface area contributed by atoms with Crippen molar-refractivity contribution in [3.63, 3.8) is 0 Å². The summed E-state index contributed by atoms with van der Waals surface area (Å²) >= 11 is 0. The number of rotatable bonds is 8. The maximum atomic E-state index is 12.8. The molecule has 4 aromatic rings. The molecule has 1 N–H and O–H groups in total. The molecule has 1 amide bonds. The summed E-state index contributed by atoms with van der Waals surface area (Å²) in [5, 5.41) is 4.34. The SMILES string of the molecule is CCO[C@@H]1C(OC)C(C)O[C@@H](OC(=O)Nc2ccc3c(ccc4c3ncn4-c3ccc(OC(F)(F)F)cc3)c2)[C@@H]1OC. The Hall–Kier alpha value is -3.91. The summed E-state index contributed by atoms with van der Waals surface area (Å²) in [7, 11) is 3.04. The number of ether oxygens (including phenoxy) is 6. The molecule has 1 aliphatic heterocycles. The van der Waals surface area contributed by atoms with E-state index in [1.54, 1.807) is 30.1 Å². The predicted octanol–water partition coefficient (Wildman–Crippen LogP) is 5.81. The molecule has 13 heteroatoms. The van der Waals surface area contributed by atoms with Gasteiger partial charge in [0.05, 0.1) is 17.1 Å². The third-order valence-corrected chi connectivity index (χ3v) is 6.98. The largest absolute Gasteiger partial charge is 0.573 e. The van der Waals surface area contributed by atoms with Crippen LogP contribution in [-0.2, 0) is 23.7 Å². The Morgan fingerprint density at radius 2 is 1.76 bits per heavy atom. The van der Waals surface area contributed by atoms with E-state index in [1.807, 2.05) is 32.0 Å². The van der Waals surface area contributed by atoms with Gasteiger partial charge in [0.15, 0.2) is 0 Å². The van der Waals surface area contributed by atoms with Gasteiger partial charge in [0.1, 0.15) is 30.4 Å². The van der Waals surface area contributed by atoms with Crippen LogP contribution < -0.4 is 10.1 Å². The average molecular weight is 590 g/mol. The average Bonchev–Trinajstić information content (AvgIpc) is 3.37. The Morgan fingerprint density at radius 1 is 1.02 bits per heavy atom. The molecule has 1 fully saturated rings. The van der Waals surface area contributed by atoms with Crippen LogP contribution in [0.1, 0.15) is 13.8 Å². The molecule has 2 heterocycles. The molecule has 3 aromatic carbocycles. The summed E-state index contributed by atoms with van der Waals surface area (Å²) in [4.78, 5) is 17.4. The molecular weight excluding hydrogens is 559 g/mol. The van der Waals surface area contributed by atoms with E-state index in [0.717, 1.165) is 16.3 Å². The van der Waals surface area contributed by atoms with Gasteiger partial charge in [-0.1, -0.05) is 12.1 Å². The molecule has 1 saturated heterocycles. The van der Waals surface area contributed by atoms with Crippen molar-refractivity contribution in [3.05, 3.63) is 60.9 Å². The molecule has 0 radical (unpaired) electrons. The third kappa shape index (κ3) is 6.14. The molecule has 1 aromatic heterocycles. The van der Waals surface area contributed by atoms with Crippen LogP contribution in [0.3, 0.4) is 0 Å². The fourth-order valence-corrected chi connectivity index (χ4v) is 5.18. The van der Waals surface area contributed by atoms with Crippen molar-refractivity contribution in [1.82, 2.24) is 9.55 Å². The summed E-state index contributed by atoms with van der Waals surface area (Å²) in [6.45, 7) is 4.08. The number of nitrogens with zero attached hydrogens (tertiary/aromatic N) is 2. The fourth-order valence-electron chi connectivity index (χ4n) is 5.18. The van der Waals surface area contributed by atoms with Crippen LogP contribution in [0.15, 0.2) is 60.9 Å². The predicted molar refractivity (Wildman–Crippen MR) is 147 cm³/mol. The topological polar surface area (TPSA) is 102 Å². The lowest BCUT2D eigenvalue weighted by atomic mass is 9.99. The Bertz CT molecular complexity index is 1540. The lowest BCUT2D eigenvalue weighted by molar-refractivity contribution is -0.292. The van der Waals surface area contributed by atoms with Crippen LogP contribution in [0.2, 0.25) is 0 Å². The Morgan fingerprint density at radius 3 is 2.43 bits per heavy atom. The first kappa shape index (κ1) is 29.6. The molecule has 0 saturated carbocycles. The molecule has 5 rings (SSSR count). The number of fused-ring (bicyclic) bond motifs is 3. The lowest BCUT2D eigenvalue weighted by Crippen LogP contribution is -2.60. The normalized spacial score (nSPS) is 22.8. The summed E-state index contributed by atoms with van der Waals surface area (Å²) in [5.74, 6) is -0.310. The fraction of sp³-hybridized carbons (Fsp3) is 0.379. The van der Waals surface area contributed by atoms with Crippen molar-refractivity contribution < 1.29 is 46.4 Å². The molecule has 42 heavy (non-hydrogen) atoms. The molecule has 0 aliphatic carbocycles. The molecule has 10 nitrogen and oxygen atoms in total. The number of anilines is 1. The van der Waals surface area contributed by atoms with Crippen LogP contribution in [0, 0.1) is 0 Å². The zero-order valence-electron chi connectivity index (χ0n) is 23.3. The molecule has 224 valence electrons. The number of carbonyl (C=O) groups is 1. The van der Waals surface area contributed by atoms with Gasteiger partial charge in [-0.25, -0.2) is 9.78 Å². The van der Waals surface area contributed by atoms with Crippen LogP contribution >= 0.6 is 0 Å². The Balaban J connectivity index is 1.32. The van der Waals surface area contributed by atoms with E-state index in [2.05, 4.69) is 15.0 Å². The van der Waals surface area contributed by atoms with Crippen LogP contribution in [-0.4, -0.2) is 73.5 Å². The van der Waals surface area contributed by atoms with Gasteiger partial charge in [0.2, 0.25) is 6.29 Å². The van der Waals surface area contributed by atoms with E-state index in [1.165, 1.54) is 31.4 Å². The zero-order valence-corrected chi connectivity index (χ0v) is 23.3. The number of benzene rings is 3. The van der Waals surface area contributed by atoms with Crippen molar-refractivity contribution >= 4 is 33.6 Å². The maximum Gasteiger partial charge on any atom is 0.573 e. The minimum Gasteiger partial charge on any atom is -0.416 e. The molecular formula is C29H30F3N3O7. The summed E-state index contributed by atoms with van der Waals surface area (Å²) in [5.41, 5.74) is 2.53. The highest BCUT2D eigenvalue weighted by molar-refractivity contribution is 6.06. The number of imidazole rings is 1. The number of nitrogens with one attached hydrogen (secondary N) is 1. The van der Waals surface area contributed by atoms with Gasteiger partial charge >= 0.3 is 12.5 Å². The number of hydrogen-bond acceptors (Lipinski definition) is 8. The highest BCUT2D eigenvalue weighted by Crippen LogP contribution is 2.31. The second-order valence-electron chi connectivity index (χ2n) is 9.59. The van der Waals surface area contributed by atoms with Crippen molar-refractivity contribution in [2.24, 2.45) is 0 Å². The van der Waals surface area contributed by atoms with Crippen LogP contribution in [0.4, 0.5) is 23.7 Å². The van der Waals surface area contributed by atoms with E-state index < -0.39 is 43.2 Å². The van der Waals surface area contributed by atoms with Gasteiger partial charge < -0.3 is 28.4 Å². The molecule has 1 aliphatic rings. The van der Waals surface area contributed by atoms with Gasteiger partial charge in [-0.05, 0) is 61.7 Å². The van der Waals surface area contributed by atoms with E-state index in [4.69, 9.17) is 23.7 Å². The van der Waals surface area contributed by atoms with Crippen molar-refractivity contribution in [2.75, 3.05) is 26.1 Å². The number of carbonyl (C=O) groups excluding carboxylic acids is 1. The number of amides is 1. The van der Waals surface area contributed by atoms with Gasteiger partial charge in [0, 0.05) is 37.6 Å². The third-order valence-electron chi connectivity index (χ3n) is 6.98. The monoisotopic (exact) mass is 589 g/mol. The van der Waals surface area contributed by atoms with Gasteiger partial charge in [-0.15, -0.1) is 13.2 Å². The number of halogens is 3. The van der Waals surface area contributed by atoms with Crippen molar-refractivity contribution in [1.29, 1.82) is 0 Å². The standard InChI is InChI=1S/C29H30F3N3O7/c1-5-39-25-24(37-3)16(2)40-27(26(25)38-4)41-28(36)34-18-7-12-21-17(14-18)6-13-22-23(21)33-15-35(22)19-8-10-20(11-9-19)42-29(30,31)32/h6-16,24-27H,5H2,1-4H3,(H,34,36)/t16?,24?,25-,26-,27+/m1/s1. The number of hydrogen-bond donors (Lipinski definition) is 1. The molecule has 0 bridgehead atoms. The quantitative estimate of drug-likeness (QED) is 0.275. The second-order valence-corrected chi connectivity index (χ2v) is 9.59. The highest BCUT2D eigenvalue weighted by Gasteiger charge is 2.47. The van der Waals surface area contributed by atoms with Crippen LogP contribution in [0.25, 0.3) is 27.5 Å². The minimum absolute atomic E-state index is 0.310. The summed E-state index contributed by atoms with van der Waals surface area (Å²) < 4.78 is 71.6. The number of aromatic nitrogens is 2. The first-order valence-corrected chi connectivity index (χ1v) is 13.2. The second kappa shape index (κ2) is 12.1. The van der Waals surface area contributed by atoms with E-state index in [-0.39, 0.29) is 5.75 Å². The lowest BCUT2D eigenvalue weighted by Gasteiger charge is -2.43. The smallest absolute Gasteiger partial charge is 0.416 e. The van der Waals surface area contributed by atoms with Gasteiger partial charge in [-0.2, -0.15) is 0 Å². The molecule has 5 atom stereocenters. The highest BCUT2D eigenvalue weighted by atomic mass is 19.4. The Labute approximate surface area is 239 Å². The van der Waals surface area contributed by atoms with Gasteiger partial charge in [0.25, 0.3) is 0 Å².